The van der Waals surface area contributed by atoms with E-state index in [1.807, 2.05) is 6.92 Å². The van der Waals surface area contributed by atoms with E-state index < -0.39 is 20.0 Å². The van der Waals surface area contributed by atoms with Gasteiger partial charge in [-0.3, -0.25) is 0 Å². The monoisotopic (exact) mass is 374 g/mol. The van der Waals surface area contributed by atoms with E-state index in [9.17, 15) is 16.8 Å². The van der Waals surface area contributed by atoms with E-state index in [0.717, 1.165) is 25.7 Å². The van der Waals surface area contributed by atoms with Crippen molar-refractivity contribution in [2.75, 3.05) is 0 Å². The molecule has 0 saturated heterocycles. The van der Waals surface area contributed by atoms with E-state index >= 15 is 0 Å². The van der Waals surface area contributed by atoms with Crippen LogP contribution in [0.4, 0.5) is 0 Å². The van der Waals surface area contributed by atoms with Gasteiger partial charge in [-0.25, -0.2) is 26.3 Å². The lowest BCUT2D eigenvalue weighted by Gasteiger charge is -2.16. The van der Waals surface area contributed by atoms with Gasteiger partial charge in [-0.1, -0.05) is 19.9 Å². The topological polar surface area (TPSA) is 92.3 Å². The molecule has 1 fully saturated rings. The maximum Gasteiger partial charge on any atom is 0.240 e. The molecule has 1 aromatic carbocycles. The first-order chi connectivity index (χ1) is 11.1. The van der Waals surface area contributed by atoms with Gasteiger partial charge < -0.3 is 0 Å². The molecule has 1 unspecified atom stereocenters. The Kier molecular flexibility index (Phi) is 6.06. The summed E-state index contributed by atoms with van der Waals surface area (Å²) in [5, 5.41) is 0. The van der Waals surface area contributed by atoms with Crippen LogP contribution in [0, 0.1) is 5.92 Å². The lowest BCUT2D eigenvalue weighted by Crippen LogP contribution is -2.33. The highest BCUT2D eigenvalue weighted by molar-refractivity contribution is 7.90. The van der Waals surface area contributed by atoms with Crippen LogP contribution in [0.25, 0.3) is 0 Å². The van der Waals surface area contributed by atoms with Crippen molar-refractivity contribution >= 4 is 20.0 Å². The predicted octanol–water partition coefficient (Wildman–Crippen LogP) is 2.23. The van der Waals surface area contributed by atoms with Gasteiger partial charge in [0.2, 0.25) is 20.0 Å². The van der Waals surface area contributed by atoms with Crippen LogP contribution >= 0.6 is 0 Å². The highest BCUT2D eigenvalue weighted by Crippen LogP contribution is 2.23. The molecule has 136 valence electrons. The summed E-state index contributed by atoms with van der Waals surface area (Å²) < 4.78 is 54.6. The summed E-state index contributed by atoms with van der Waals surface area (Å²) in [6.45, 7) is 5.99. The molecule has 6 nitrogen and oxygen atoms in total. The number of hydrogen-bond acceptors (Lipinski definition) is 4. The molecule has 8 heteroatoms. The Bertz CT molecular complexity index is 769. The van der Waals surface area contributed by atoms with Gasteiger partial charge in [0.05, 0.1) is 9.79 Å². The SMILES string of the molecule is CC(C)CCC(C)NS(=O)(=O)c1cccc(S(=O)(=O)NC2CC2)c1. The largest absolute Gasteiger partial charge is 0.240 e. The average Bonchev–Trinajstić information content (AvgIpc) is 3.28. The third kappa shape index (κ3) is 5.54. The minimum atomic E-state index is -3.75. The zero-order valence-corrected chi connectivity index (χ0v) is 16.0. The third-order valence-corrected chi connectivity index (χ3v) is 6.96. The molecule has 0 spiro atoms. The van der Waals surface area contributed by atoms with Gasteiger partial charge >= 0.3 is 0 Å². The van der Waals surface area contributed by atoms with E-state index in [1.54, 1.807) is 0 Å². The van der Waals surface area contributed by atoms with Gasteiger partial charge in [-0.2, -0.15) is 0 Å². The van der Waals surface area contributed by atoms with Gasteiger partial charge in [0, 0.05) is 12.1 Å². The van der Waals surface area contributed by atoms with E-state index in [4.69, 9.17) is 0 Å². The molecule has 0 radical (unpaired) electrons. The first-order valence-electron chi connectivity index (χ1n) is 8.25. The fourth-order valence-electron chi connectivity index (χ4n) is 2.27. The lowest BCUT2D eigenvalue weighted by atomic mass is 10.1. The summed E-state index contributed by atoms with van der Waals surface area (Å²) in [5.74, 6) is 0.499. The number of rotatable bonds is 9. The standard InChI is InChI=1S/C16H26N2O4S2/c1-12(2)7-8-13(3)17-23(19,20)15-5-4-6-16(11-15)24(21,22)18-14-9-10-14/h4-6,11-14,17-18H,7-10H2,1-3H3. The average molecular weight is 375 g/mol. The van der Waals surface area contributed by atoms with E-state index in [2.05, 4.69) is 23.3 Å². The number of benzene rings is 1. The van der Waals surface area contributed by atoms with E-state index in [1.165, 1.54) is 24.3 Å². The lowest BCUT2D eigenvalue weighted by molar-refractivity contribution is 0.485. The Labute approximate surface area is 145 Å². The molecule has 0 aliphatic heterocycles. The van der Waals surface area contributed by atoms with Crippen molar-refractivity contribution in [3.63, 3.8) is 0 Å². The highest BCUT2D eigenvalue weighted by atomic mass is 32.2. The predicted molar refractivity (Wildman–Crippen MR) is 93.6 cm³/mol. The van der Waals surface area contributed by atoms with Crippen molar-refractivity contribution in [2.45, 2.75) is 68.3 Å². The summed E-state index contributed by atoms with van der Waals surface area (Å²) in [6, 6.07) is 5.25. The minimum absolute atomic E-state index is 0.0212. The Morgan fingerprint density at radius 3 is 2.12 bits per heavy atom. The van der Waals surface area contributed by atoms with Crippen LogP contribution in [0.3, 0.4) is 0 Å². The van der Waals surface area contributed by atoms with Crippen LogP contribution in [0.5, 0.6) is 0 Å². The van der Waals surface area contributed by atoms with Gasteiger partial charge in [0.15, 0.2) is 0 Å². The summed E-state index contributed by atoms with van der Waals surface area (Å²) in [5.41, 5.74) is 0. The van der Waals surface area contributed by atoms with Crippen LogP contribution in [-0.4, -0.2) is 28.9 Å². The van der Waals surface area contributed by atoms with Crippen molar-refractivity contribution in [3.8, 4) is 0 Å². The second-order valence-corrected chi connectivity index (χ2v) is 10.3. The van der Waals surface area contributed by atoms with Gasteiger partial charge in [0.1, 0.15) is 0 Å². The molecular formula is C16H26N2O4S2. The smallest absolute Gasteiger partial charge is 0.208 e. The molecule has 1 aromatic rings. The molecule has 24 heavy (non-hydrogen) atoms. The zero-order chi connectivity index (χ0) is 18.0. The summed E-state index contributed by atoms with van der Waals surface area (Å²) in [7, 11) is -7.42. The van der Waals surface area contributed by atoms with E-state index in [0.29, 0.717) is 5.92 Å². The van der Waals surface area contributed by atoms with Crippen LogP contribution in [0.2, 0.25) is 0 Å². The van der Waals surface area contributed by atoms with Crippen molar-refractivity contribution in [1.29, 1.82) is 0 Å². The number of nitrogens with one attached hydrogen (secondary N) is 2. The van der Waals surface area contributed by atoms with Crippen LogP contribution in [-0.2, 0) is 20.0 Å². The molecular weight excluding hydrogens is 348 g/mol. The normalized spacial score (nSPS) is 17.2. The maximum absolute atomic E-state index is 12.5. The van der Waals surface area contributed by atoms with Crippen molar-refractivity contribution in [1.82, 2.24) is 9.44 Å². The Balaban J connectivity index is 2.14. The fraction of sp³-hybridized carbons (Fsp3) is 0.625. The molecule has 1 saturated carbocycles. The quantitative estimate of drug-likeness (QED) is 0.693. The molecule has 0 bridgehead atoms. The zero-order valence-electron chi connectivity index (χ0n) is 14.3. The molecule has 2 rings (SSSR count). The second-order valence-electron chi connectivity index (χ2n) is 6.86. The highest BCUT2D eigenvalue weighted by Gasteiger charge is 2.28. The molecule has 0 amide bonds. The van der Waals surface area contributed by atoms with Gasteiger partial charge in [-0.05, 0) is 56.7 Å². The second kappa shape index (κ2) is 7.51. The number of sulfonamides is 2. The third-order valence-electron chi connectivity index (χ3n) is 3.86. The van der Waals surface area contributed by atoms with Crippen LogP contribution < -0.4 is 9.44 Å². The molecule has 1 aliphatic carbocycles. The van der Waals surface area contributed by atoms with Gasteiger partial charge in [-0.15, -0.1) is 0 Å². The van der Waals surface area contributed by atoms with Crippen LogP contribution in [0.1, 0.15) is 46.5 Å². The summed E-state index contributed by atoms with van der Waals surface area (Å²) in [4.78, 5) is -0.0512. The first-order valence-corrected chi connectivity index (χ1v) is 11.2. The first kappa shape index (κ1) is 19.4. The van der Waals surface area contributed by atoms with Crippen LogP contribution in [0.15, 0.2) is 34.1 Å². The number of hydrogen-bond donors (Lipinski definition) is 2. The summed E-state index contributed by atoms with van der Waals surface area (Å²) in [6.07, 6.45) is 3.31. The molecule has 1 atom stereocenters. The molecule has 2 N–H and O–H groups in total. The minimum Gasteiger partial charge on any atom is -0.208 e. The summed E-state index contributed by atoms with van der Waals surface area (Å²) >= 11 is 0. The Morgan fingerprint density at radius 2 is 1.58 bits per heavy atom. The Morgan fingerprint density at radius 1 is 1.00 bits per heavy atom. The molecule has 1 aliphatic rings. The van der Waals surface area contributed by atoms with Crippen molar-refractivity contribution in [3.05, 3.63) is 24.3 Å². The molecule has 0 heterocycles. The Hall–Kier alpha value is -0.960. The van der Waals surface area contributed by atoms with E-state index in [-0.39, 0.29) is 21.9 Å². The van der Waals surface area contributed by atoms with Crippen molar-refractivity contribution < 1.29 is 16.8 Å². The fourth-order valence-corrected chi connectivity index (χ4v) is 5.02. The maximum atomic E-state index is 12.5. The molecule has 0 aromatic heterocycles. The van der Waals surface area contributed by atoms with Gasteiger partial charge in [0.25, 0.3) is 0 Å². The van der Waals surface area contributed by atoms with Crippen molar-refractivity contribution in [2.24, 2.45) is 5.92 Å².